The SMILES string of the molecule is COC(=O)[C@@H](N)[C@@H](O[Si](C)(C)C(C)(C)C)c1ccccc1. The van der Waals surface area contributed by atoms with Crippen molar-refractivity contribution in [2.75, 3.05) is 7.11 Å². The minimum atomic E-state index is -2.06. The number of nitrogens with two attached hydrogens (primary N) is 1. The Morgan fingerprint density at radius 3 is 2.14 bits per heavy atom. The Kier molecular flexibility index (Phi) is 5.73. The van der Waals surface area contributed by atoms with E-state index < -0.39 is 26.4 Å². The Labute approximate surface area is 128 Å². The average Bonchev–Trinajstić information content (AvgIpc) is 2.43. The van der Waals surface area contributed by atoms with Crippen LogP contribution < -0.4 is 5.73 Å². The van der Waals surface area contributed by atoms with E-state index in [4.69, 9.17) is 14.9 Å². The van der Waals surface area contributed by atoms with Crippen LogP contribution in [0.3, 0.4) is 0 Å². The summed E-state index contributed by atoms with van der Waals surface area (Å²) in [7, 11) is -0.716. The van der Waals surface area contributed by atoms with Crippen molar-refractivity contribution in [3.8, 4) is 0 Å². The highest BCUT2D eigenvalue weighted by Crippen LogP contribution is 2.40. The van der Waals surface area contributed by atoms with Crippen molar-refractivity contribution in [3.05, 3.63) is 35.9 Å². The van der Waals surface area contributed by atoms with Crippen LogP contribution in [0.5, 0.6) is 0 Å². The third-order valence-corrected chi connectivity index (χ3v) is 8.61. The van der Waals surface area contributed by atoms with E-state index in [1.807, 2.05) is 30.3 Å². The third-order valence-electron chi connectivity index (χ3n) is 4.16. The fourth-order valence-electron chi connectivity index (χ4n) is 1.75. The van der Waals surface area contributed by atoms with Gasteiger partial charge in [-0.2, -0.15) is 0 Å². The number of carbonyl (C=O) groups excluding carboxylic acids is 1. The zero-order chi connectivity index (χ0) is 16.3. The van der Waals surface area contributed by atoms with Crippen LogP contribution in [-0.4, -0.2) is 27.4 Å². The zero-order valence-corrected chi connectivity index (χ0v) is 14.8. The summed E-state index contributed by atoms with van der Waals surface area (Å²) >= 11 is 0. The van der Waals surface area contributed by atoms with Crippen molar-refractivity contribution in [2.24, 2.45) is 5.73 Å². The first-order valence-electron chi connectivity index (χ1n) is 7.16. The molecule has 0 fully saturated rings. The first-order chi connectivity index (χ1) is 9.60. The van der Waals surface area contributed by atoms with Gasteiger partial charge in [-0.25, -0.2) is 0 Å². The maximum atomic E-state index is 11.9. The van der Waals surface area contributed by atoms with Crippen LogP contribution in [0.4, 0.5) is 0 Å². The molecule has 5 heteroatoms. The summed E-state index contributed by atoms with van der Waals surface area (Å²) in [5.41, 5.74) is 6.98. The number of hydrogen-bond donors (Lipinski definition) is 1. The molecule has 0 saturated heterocycles. The normalized spacial score (nSPS) is 15.4. The number of ether oxygens (including phenoxy) is 1. The second kappa shape index (κ2) is 6.73. The Balaban J connectivity index is 3.12. The van der Waals surface area contributed by atoms with Gasteiger partial charge in [0.1, 0.15) is 6.04 Å². The highest BCUT2D eigenvalue weighted by Gasteiger charge is 2.42. The van der Waals surface area contributed by atoms with E-state index in [-0.39, 0.29) is 5.04 Å². The van der Waals surface area contributed by atoms with Crippen LogP contribution in [0.1, 0.15) is 32.4 Å². The number of methoxy groups -OCH3 is 1. The minimum Gasteiger partial charge on any atom is -0.468 e. The summed E-state index contributed by atoms with van der Waals surface area (Å²) in [5.74, 6) is -0.456. The summed E-state index contributed by atoms with van der Waals surface area (Å²) in [6.45, 7) is 10.8. The molecule has 2 atom stereocenters. The molecule has 1 aromatic carbocycles. The molecule has 4 nitrogen and oxygen atoms in total. The minimum absolute atomic E-state index is 0.0376. The number of hydrogen-bond acceptors (Lipinski definition) is 4. The number of rotatable bonds is 5. The van der Waals surface area contributed by atoms with Crippen molar-refractivity contribution in [1.82, 2.24) is 0 Å². The van der Waals surface area contributed by atoms with E-state index in [1.54, 1.807) is 0 Å². The standard InChI is InChI=1S/C16H27NO3Si/c1-16(2,3)21(5,6)20-14(13(17)15(18)19-4)12-10-8-7-9-11-12/h7-11,13-14H,17H2,1-6H3/t13-,14-/m0/s1. The van der Waals surface area contributed by atoms with Crippen molar-refractivity contribution in [1.29, 1.82) is 0 Å². The molecule has 0 saturated carbocycles. The smallest absolute Gasteiger partial charge is 0.325 e. The molecule has 0 bridgehead atoms. The second-order valence-electron chi connectivity index (χ2n) is 6.76. The Morgan fingerprint density at radius 2 is 1.71 bits per heavy atom. The average molecular weight is 309 g/mol. The molecule has 0 spiro atoms. The molecule has 0 aliphatic heterocycles. The largest absolute Gasteiger partial charge is 0.468 e. The summed E-state index contributed by atoms with van der Waals surface area (Å²) in [6.07, 6.45) is -0.487. The summed E-state index contributed by atoms with van der Waals surface area (Å²) < 4.78 is 11.2. The molecule has 21 heavy (non-hydrogen) atoms. The highest BCUT2D eigenvalue weighted by atomic mass is 28.4. The van der Waals surface area contributed by atoms with Gasteiger partial charge >= 0.3 is 5.97 Å². The maximum absolute atomic E-state index is 11.9. The Hall–Kier alpha value is -1.17. The van der Waals surface area contributed by atoms with Crippen LogP contribution in [-0.2, 0) is 14.0 Å². The lowest BCUT2D eigenvalue weighted by Gasteiger charge is -2.40. The molecule has 1 rings (SSSR count). The van der Waals surface area contributed by atoms with E-state index in [0.29, 0.717) is 0 Å². The molecule has 0 heterocycles. The van der Waals surface area contributed by atoms with Gasteiger partial charge in [0.05, 0.1) is 13.2 Å². The molecule has 0 aliphatic carbocycles. The van der Waals surface area contributed by atoms with E-state index >= 15 is 0 Å². The van der Waals surface area contributed by atoms with Gasteiger partial charge in [-0.3, -0.25) is 4.79 Å². The van der Waals surface area contributed by atoms with Crippen molar-refractivity contribution < 1.29 is 14.0 Å². The van der Waals surface area contributed by atoms with Gasteiger partial charge in [0, 0.05) is 0 Å². The number of carbonyl (C=O) groups is 1. The molecule has 0 aliphatic rings. The van der Waals surface area contributed by atoms with Crippen LogP contribution in [0.25, 0.3) is 0 Å². The van der Waals surface area contributed by atoms with Crippen LogP contribution in [0, 0.1) is 0 Å². The van der Waals surface area contributed by atoms with E-state index in [2.05, 4.69) is 33.9 Å². The Bertz CT molecular complexity index is 468. The van der Waals surface area contributed by atoms with Gasteiger partial charge in [0.2, 0.25) is 0 Å². The van der Waals surface area contributed by atoms with Gasteiger partial charge in [0.25, 0.3) is 0 Å². The molecule has 0 aromatic heterocycles. The fraction of sp³-hybridized carbons (Fsp3) is 0.562. The summed E-state index contributed by atoms with van der Waals surface area (Å²) in [6, 6.07) is 8.80. The van der Waals surface area contributed by atoms with E-state index in [9.17, 15) is 4.79 Å². The first-order valence-corrected chi connectivity index (χ1v) is 10.1. The number of benzene rings is 1. The molecular formula is C16H27NO3Si. The quantitative estimate of drug-likeness (QED) is 0.670. The van der Waals surface area contributed by atoms with E-state index in [0.717, 1.165) is 5.56 Å². The molecule has 118 valence electrons. The summed E-state index contributed by atoms with van der Waals surface area (Å²) in [5, 5.41) is 0.0376. The molecule has 1 aromatic rings. The molecule has 0 amide bonds. The topological polar surface area (TPSA) is 61.5 Å². The maximum Gasteiger partial charge on any atom is 0.325 e. The summed E-state index contributed by atoms with van der Waals surface area (Å²) in [4.78, 5) is 11.9. The predicted octanol–water partition coefficient (Wildman–Crippen LogP) is 3.25. The van der Waals surface area contributed by atoms with Gasteiger partial charge in [-0.05, 0) is 23.7 Å². The lowest BCUT2D eigenvalue weighted by molar-refractivity contribution is -0.144. The van der Waals surface area contributed by atoms with Crippen molar-refractivity contribution in [3.63, 3.8) is 0 Å². The van der Waals surface area contributed by atoms with Gasteiger partial charge < -0.3 is 14.9 Å². The number of esters is 1. The lowest BCUT2D eigenvalue weighted by Crippen LogP contribution is -2.48. The second-order valence-corrected chi connectivity index (χ2v) is 11.5. The van der Waals surface area contributed by atoms with E-state index in [1.165, 1.54) is 7.11 Å². The van der Waals surface area contributed by atoms with Crippen LogP contribution in [0.15, 0.2) is 30.3 Å². The molecule has 0 radical (unpaired) electrons. The molecular weight excluding hydrogens is 282 g/mol. The zero-order valence-electron chi connectivity index (χ0n) is 13.8. The van der Waals surface area contributed by atoms with Gasteiger partial charge in [-0.1, -0.05) is 51.1 Å². The fourth-order valence-corrected chi connectivity index (χ4v) is 3.02. The van der Waals surface area contributed by atoms with Gasteiger partial charge in [0.15, 0.2) is 8.32 Å². The van der Waals surface area contributed by atoms with Crippen molar-refractivity contribution in [2.45, 2.75) is 51.0 Å². The van der Waals surface area contributed by atoms with Crippen LogP contribution in [0.2, 0.25) is 18.1 Å². The van der Waals surface area contributed by atoms with Gasteiger partial charge in [-0.15, -0.1) is 0 Å². The first kappa shape index (κ1) is 17.9. The molecule has 2 N–H and O–H groups in total. The van der Waals surface area contributed by atoms with Crippen molar-refractivity contribution >= 4 is 14.3 Å². The monoisotopic (exact) mass is 309 g/mol. The molecule has 0 unspecified atom stereocenters. The third kappa shape index (κ3) is 4.39. The highest BCUT2D eigenvalue weighted by molar-refractivity contribution is 6.74. The Morgan fingerprint density at radius 1 is 1.19 bits per heavy atom. The predicted molar refractivity (Wildman–Crippen MR) is 87.5 cm³/mol. The lowest BCUT2D eigenvalue weighted by atomic mass is 10.0. The van der Waals surface area contributed by atoms with Crippen LogP contribution >= 0.6 is 0 Å².